The molecular formula is C11H12O4. The summed E-state index contributed by atoms with van der Waals surface area (Å²) in [6.07, 6.45) is 1.08. The predicted molar refractivity (Wildman–Crippen MR) is 55.4 cm³/mol. The highest BCUT2D eigenvalue weighted by Gasteiger charge is 2.13. The maximum absolute atomic E-state index is 11.1. The number of hydrogen-bond acceptors (Lipinski definition) is 4. The molecule has 0 fully saturated rings. The van der Waals surface area contributed by atoms with Gasteiger partial charge < -0.3 is 14.2 Å². The Morgan fingerprint density at radius 3 is 2.20 bits per heavy atom. The maximum Gasteiger partial charge on any atom is 0.335 e. The lowest BCUT2D eigenvalue weighted by molar-refractivity contribution is -0.129. The lowest BCUT2D eigenvalue weighted by Crippen LogP contribution is -2.05. The molecule has 0 heterocycles. The Bertz CT molecular complexity index is 349. The molecule has 0 saturated carbocycles. The molecule has 0 aliphatic carbocycles. The van der Waals surface area contributed by atoms with Crippen LogP contribution in [0.4, 0.5) is 0 Å². The van der Waals surface area contributed by atoms with E-state index in [1.54, 1.807) is 18.2 Å². The van der Waals surface area contributed by atoms with Crippen LogP contribution in [-0.2, 0) is 4.79 Å². The van der Waals surface area contributed by atoms with E-state index in [0.717, 1.165) is 6.08 Å². The normalized spacial score (nSPS) is 9.20. The van der Waals surface area contributed by atoms with Crippen molar-refractivity contribution in [2.75, 3.05) is 14.2 Å². The number of para-hydroxylation sites is 1. The Morgan fingerprint density at radius 2 is 1.80 bits per heavy atom. The maximum atomic E-state index is 11.1. The van der Waals surface area contributed by atoms with Gasteiger partial charge in [-0.15, -0.1) is 0 Å². The van der Waals surface area contributed by atoms with Crippen LogP contribution in [-0.4, -0.2) is 20.2 Å². The first kappa shape index (κ1) is 11.1. The molecule has 4 nitrogen and oxygen atoms in total. The summed E-state index contributed by atoms with van der Waals surface area (Å²) >= 11 is 0. The van der Waals surface area contributed by atoms with Gasteiger partial charge in [-0.25, -0.2) is 4.79 Å². The van der Waals surface area contributed by atoms with Crippen LogP contribution in [0.15, 0.2) is 30.9 Å². The standard InChI is InChI=1S/C11H12O4/c1-4-10(12)15-11-8(13-2)6-5-7-9(11)14-3/h4-7H,1H2,2-3H3. The summed E-state index contributed by atoms with van der Waals surface area (Å²) < 4.78 is 15.1. The van der Waals surface area contributed by atoms with E-state index in [0.29, 0.717) is 11.5 Å². The molecule has 1 aromatic carbocycles. The summed E-state index contributed by atoms with van der Waals surface area (Å²) in [5, 5.41) is 0. The van der Waals surface area contributed by atoms with Gasteiger partial charge in [0, 0.05) is 6.08 Å². The topological polar surface area (TPSA) is 44.8 Å². The molecule has 0 bridgehead atoms. The number of rotatable bonds is 4. The number of methoxy groups -OCH3 is 2. The van der Waals surface area contributed by atoms with Gasteiger partial charge in [0.25, 0.3) is 0 Å². The van der Waals surface area contributed by atoms with E-state index in [4.69, 9.17) is 14.2 Å². The quantitative estimate of drug-likeness (QED) is 0.430. The van der Waals surface area contributed by atoms with Crippen molar-refractivity contribution in [1.29, 1.82) is 0 Å². The van der Waals surface area contributed by atoms with E-state index in [2.05, 4.69) is 6.58 Å². The minimum atomic E-state index is -0.558. The minimum Gasteiger partial charge on any atom is -0.493 e. The number of carbonyl (C=O) groups excluding carboxylic acids is 1. The zero-order chi connectivity index (χ0) is 11.3. The third-order valence-electron chi connectivity index (χ3n) is 1.75. The Morgan fingerprint density at radius 1 is 1.27 bits per heavy atom. The number of ether oxygens (including phenoxy) is 3. The Kier molecular flexibility index (Phi) is 3.74. The molecule has 0 spiro atoms. The molecule has 0 atom stereocenters. The molecule has 15 heavy (non-hydrogen) atoms. The molecule has 1 rings (SSSR count). The van der Waals surface area contributed by atoms with Gasteiger partial charge in [0.1, 0.15) is 0 Å². The number of hydrogen-bond donors (Lipinski definition) is 0. The second-order valence-corrected chi connectivity index (χ2v) is 2.62. The Labute approximate surface area is 88.1 Å². The van der Waals surface area contributed by atoms with Crippen LogP contribution in [0.3, 0.4) is 0 Å². The lowest BCUT2D eigenvalue weighted by Gasteiger charge is -2.11. The van der Waals surface area contributed by atoms with Crippen molar-refractivity contribution in [2.24, 2.45) is 0 Å². The summed E-state index contributed by atoms with van der Waals surface area (Å²) in [6, 6.07) is 5.09. The van der Waals surface area contributed by atoms with Gasteiger partial charge in [0.05, 0.1) is 14.2 Å². The van der Waals surface area contributed by atoms with Crippen molar-refractivity contribution in [2.45, 2.75) is 0 Å². The molecule has 0 radical (unpaired) electrons. The van der Waals surface area contributed by atoms with Gasteiger partial charge in [-0.3, -0.25) is 0 Å². The van der Waals surface area contributed by atoms with E-state index in [1.165, 1.54) is 14.2 Å². The fourth-order valence-electron chi connectivity index (χ4n) is 1.06. The second-order valence-electron chi connectivity index (χ2n) is 2.62. The van der Waals surface area contributed by atoms with Crippen LogP contribution in [0.25, 0.3) is 0 Å². The monoisotopic (exact) mass is 208 g/mol. The third-order valence-corrected chi connectivity index (χ3v) is 1.75. The molecule has 0 aromatic heterocycles. The Balaban J connectivity index is 3.10. The number of esters is 1. The van der Waals surface area contributed by atoms with Crippen LogP contribution < -0.4 is 14.2 Å². The molecule has 0 aliphatic rings. The largest absolute Gasteiger partial charge is 0.493 e. The summed E-state index contributed by atoms with van der Waals surface area (Å²) in [5.74, 6) is 0.569. The average molecular weight is 208 g/mol. The van der Waals surface area contributed by atoms with Gasteiger partial charge >= 0.3 is 5.97 Å². The van der Waals surface area contributed by atoms with Gasteiger partial charge in [-0.2, -0.15) is 0 Å². The summed E-state index contributed by atoms with van der Waals surface area (Å²) in [7, 11) is 2.97. The van der Waals surface area contributed by atoms with Gasteiger partial charge in [0.15, 0.2) is 11.5 Å². The molecule has 0 N–H and O–H groups in total. The van der Waals surface area contributed by atoms with E-state index in [-0.39, 0.29) is 5.75 Å². The summed E-state index contributed by atoms with van der Waals surface area (Å²) in [5.41, 5.74) is 0. The summed E-state index contributed by atoms with van der Waals surface area (Å²) in [4.78, 5) is 11.1. The van der Waals surface area contributed by atoms with Gasteiger partial charge in [-0.1, -0.05) is 12.6 Å². The molecule has 80 valence electrons. The van der Waals surface area contributed by atoms with Crippen molar-refractivity contribution in [3.8, 4) is 17.2 Å². The molecule has 4 heteroatoms. The van der Waals surface area contributed by atoms with Crippen molar-refractivity contribution < 1.29 is 19.0 Å². The minimum absolute atomic E-state index is 0.257. The number of benzene rings is 1. The van der Waals surface area contributed by atoms with Gasteiger partial charge in [-0.05, 0) is 12.1 Å². The molecule has 0 amide bonds. The highest BCUT2D eigenvalue weighted by Crippen LogP contribution is 2.36. The molecule has 1 aromatic rings. The molecule has 0 saturated heterocycles. The van der Waals surface area contributed by atoms with Crippen LogP contribution in [0, 0.1) is 0 Å². The Hall–Kier alpha value is -1.97. The first-order valence-electron chi connectivity index (χ1n) is 4.28. The zero-order valence-corrected chi connectivity index (χ0v) is 8.65. The highest BCUT2D eigenvalue weighted by atomic mass is 16.6. The third kappa shape index (κ3) is 2.49. The predicted octanol–water partition coefficient (Wildman–Crippen LogP) is 1.80. The second kappa shape index (κ2) is 5.05. The van der Waals surface area contributed by atoms with E-state index < -0.39 is 5.97 Å². The zero-order valence-electron chi connectivity index (χ0n) is 8.65. The SMILES string of the molecule is C=CC(=O)Oc1c(OC)cccc1OC. The van der Waals surface area contributed by atoms with Crippen molar-refractivity contribution in [3.05, 3.63) is 30.9 Å². The first-order chi connectivity index (χ1) is 7.22. The van der Waals surface area contributed by atoms with Crippen molar-refractivity contribution in [1.82, 2.24) is 0 Å². The molecule has 0 unspecified atom stereocenters. The summed E-state index contributed by atoms with van der Waals surface area (Å²) in [6.45, 7) is 3.31. The van der Waals surface area contributed by atoms with Crippen molar-refractivity contribution >= 4 is 5.97 Å². The number of carbonyl (C=O) groups is 1. The van der Waals surface area contributed by atoms with Crippen LogP contribution in [0.5, 0.6) is 17.2 Å². The molecular weight excluding hydrogens is 196 g/mol. The van der Waals surface area contributed by atoms with E-state index >= 15 is 0 Å². The van der Waals surface area contributed by atoms with Crippen LogP contribution in [0.1, 0.15) is 0 Å². The average Bonchev–Trinajstić information content (AvgIpc) is 2.29. The highest BCUT2D eigenvalue weighted by molar-refractivity contribution is 5.84. The fourth-order valence-corrected chi connectivity index (χ4v) is 1.06. The van der Waals surface area contributed by atoms with E-state index in [9.17, 15) is 4.79 Å². The first-order valence-corrected chi connectivity index (χ1v) is 4.28. The smallest absolute Gasteiger partial charge is 0.335 e. The van der Waals surface area contributed by atoms with Crippen molar-refractivity contribution in [3.63, 3.8) is 0 Å². The van der Waals surface area contributed by atoms with Gasteiger partial charge in [0.2, 0.25) is 5.75 Å². The molecule has 0 aliphatic heterocycles. The lowest BCUT2D eigenvalue weighted by atomic mass is 10.3. The van der Waals surface area contributed by atoms with Crippen LogP contribution >= 0.6 is 0 Å². The van der Waals surface area contributed by atoms with Crippen LogP contribution in [0.2, 0.25) is 0 Å². The fraction of sp³-hybridized carbons (Fsp3) is 0.182. The van der Waals surface area contributed by atoms with E-state index in [1.807, 2.05) is 0 Å².